The third-order valence-corrected chi connectivity index (χ3v) is 11.0. The lowest BCUT2D eigenvalue weighted by atomic mass is 9.99. The summed E-state index contributed by atoms with van der Waals surface area (Å²) in [6, 6.07) is 72.4. The minimum absolute atomic E-state index is 0.578. The van der Waals surface area contributed by atoms with E-state index in [1.54, 1.807) is 0 Å². The van der Waals surface area contributed by atoms with Crippen LogP contribution in [0.4, 0.5) is 0 Å². The third kappa shape index (κ3) is 7.13. The minimum atomic E-state index is 0.578. The van der Waals surface area contributed by atoms with Crippen molar-refractivity contribution in [1.82, 2.24) is 24.9 Å². The molecule has 0 saturated carbocycles. The maximum atomic E-state index is 6.23. The molecule has 6 heteroatoms. The summed E-state index contributed by atoms with van der Waals surface area (Å²) in [6.45, 7) is 0. The molecule has 3 aromatic heterocycles. The molecule has 0 bridgehead atoms. The van der Waals surface area contributed by atoms with Crippen LogP contribution in [0, 0.1) is 0 Å². The van der Waals surface area contributed by atoms with Crippen molar-refractivity contribution in [2.45, 2.75) is 0 Å². The van der Waals surface area contributed by atoms with E-state index in [9.17, 15) is 0 Å². The summed E-state index contributed by atoms with van der Waals surface area (Å²) in [5, 5.41) is 2.14. The van der Waals surface area contributed by atoms with Crippen LogP contribution >= 0.6 is 0 Å². The maximum Gasteiger partial charge on any atom is 0.164 e. The molecule has 0 N–H and O–H groups in total. The van der Waals surface area contributed by atoms with Gasteiger partial charge < -0.3 is 4.42 Å². The first-order chi connectivity index (χ1) is 30.2. The molecule has 0 aliphatic heterocycles. The molecule has 0 spiro atoms. The van der Waals surface area contributed by atoms with Crippen molar-refractivity contribution in [2.75, 3.05) is 0 Å². The molecule has 0 fully saturated rings. The molecule has 6 nitrogen and oxygen atoms in total. The van der Waals surface area contributed by atoms with E-state index in [0.717, 1.165) is 83.4 Å². The molecular weight excluding hydrogens is 747 g/mol. The highest BCUT2D eigenvalue weighted by Crippen LogP contribution is 2.35. The van der Waals surface area contributed by atoms with Crippen LogP contribution in [0.2, 0.25) is 0 Å². The van der Waals surface area contributed by atoms with Crippen LogP contribution in [0.25, 0.3) is 112 Å². The fraction of sp³-hybridized carbons (Fsp3) is 0. The summed E-state index contributed by atoms with van der Waals surface area (Å²) < 4.78 is 6.23. The number of benzene rings is 8. The van der Waals surface area contributed by atoms with E-state index in [0.29, 0.717) is 23.3 Å². The van der Waals surface area contributed by atoms with Crippen LogP contribution in [-0.2, 0) is 0 Å². The number of fused-ring (bicyclic) bond motifs is 3. The molecule has 0 saturated heterocycles. The summed E-state index contributed by atoms with van der Waals surface area (Å²) in [5.41, 5.74) is 13.5. The molecule has 286 valence electrons. The molecule has 3 heterocycles. The maximum absolute atomic E-state index is 6.23. The molecule has 0 amide bonds. The standard InChI is InChI=1S/C55H35N5O/c1-4-13-36(14-5-1)37-23-27-39(28-24-37)48-35-49(57-52(56-48)40-15-6-2-7-16-40)44-20-12-19-43(33-44)38-25-29-42(30-26-38)54-58-53(41-17-8-3-9-18-41)59-55(60-54)45-31-32-47-46-21-10-11-22-50(46)61-51(47)34-45/h1-35H. The van der Waals surface area contributed by atoms with Crippen LogP contribution < -0.4 is 0 Å². The van der Waals surface area contributed by atoms with E-state index in [1.165, 1.54) is 5.56 Å². The monoisotopic (exact) mass is 781 g/mol. The van der Waals surface area contributed by atoms with Gasteiger partial charge in [0.1, 0.15) is 11.2 Å². The normalized spacial score (nSPS) is 11.3. The van der Waals surface area contributed by atoms with Gasteiger partial charge in [-0.05, 0) is 52.6 Å². The lowest BCUT2D eigenvalue weighted by molar-refractivity contribution is 0.669. The highest BCUT2D eigenvalue weighted by molar-refractivity contribution is 6.05. The van der Waals surface area contributed by atoms with Gasteiger partial charge in [-0.1, -0.05) is 182 Å². The molecule has 0 unspecified atom stereocenters. The molecule has 0 aliphatic carbocycles. The van der Waals surface area contributed by atoms with Gasteiger partial charge in [0.2, 0.25) is 0 Å². The molecule has 11 rings (SSSR count). The lowest BCUT2D eigenvalue weighted by Crippen LogP contribution is -2.00. The van der Waals surface area contributed by atoms with Gasteiger partial charge >= 0.3 is 0 Å². The van der Waals surface area contributed by atoms with Crippen LogP contribution in [0.5, 0.6) is 0 Å². The predicted molar refractivity (Wildman–Crippen MR) is 246 cm³/mol. The van der Waals surface area contributed by atoms with E-state index in [2.05, 4.69) is 133 Å². The predicted octanol–water partition coefficient (Wildman–Crippen LogP) is 13.9. The van der Waals surface area contributed by atoms with Gasteiger partial charge in [0, 0.05) is 44.2 Å². The molecule has 61 heavy (non-hydrogen) atoms. The van der Waals surface area contributed by atoms with Gasteiger partial charge in [-0.2, -0.15) is 0 Å². The Balaban J connectivity index is 0.941. The fourth-order valence-corrected chi connectivity index (χ4v) is 7.81. The van der Waals surface area contributed by atoms with Crippen molar-refractivity contribution in [3.63, 3.8) is 0 Å². The van der Waals surface area contributed by atoms with Crippen LogP contribution in [0.1, 0.15) is 0 Å². The average molecular weight is 782 g/mol. The van der Waals surface area contributed by atoms with Crippen molar-refractivity contribution < 1.29 is 4.42 Å². The SMILES string of the molecule is c1ccc(-c2ccc(-c3cc(-c4cccc(-c5ccc(-c6nc(-c7ccccc7)nc(-c7ccc8c(c7)oc7ccccc78)n6)cc5)c4)nc(-c4ccccc4)n3)cc2)cc1. The Hall–Kier alpha value is -8.35. The topological polar surface area (TPSA) is 77.6 Å². The van der Waals surface area contributed by atoms with Crippen LogP contribution in [-0.4, -0.2) is 24.9 Å². The van der Waals surface area contributed by atoms with Crippen LogP contribution in [0.15, 0.2) is 217 Å². The summed E-state index contributed by atoms with van der Waals surface area (Å²) in [4.78, 5) is 25.1. The molecule has 8 aromatic carbocycles. The first kappa shape index (κ1) is 35.8. The van der Waals surface area contributed by atoms with Gasteiger partial charge in [0.05, 0.1) is 11.4 Å². The number of furan rings is 1. The van der Waals surface area contributed by atoms with Crippen molar-refractivity contribution in [1.29, 1.82) is 0 Å². The highest BCUT2D eigenvalue weighted by atomic mass is 16.3. The van der Waals surface area contributed by atoms with Crippen molar-refractivity contribution >= 4 is 21.9 Å². The third-order valence-electron chi connectivity index (χ3n) is 11.0. The Morgan fingerprint density at radius 1 is 0.230 bits per heavy atom. The summed E-state index contributed by atoms with van der Waals surface area (Å²) in [6.07, 6.45) is 0. The van der Waals surface area contributed by atoms with Crippen molar-refractivity contribution in [2.24, 2.45) is 0 Å². The Morgan fingerprint density at radius 2 is 0.639 bits per heavy atom. The molecule has 0 radical (unpaired) electrons. The number of hydrogen-bond donors (Lipinski definition) is 0. The van der Waals surface area contributed by atoms with Gasteiger partial charge in [0.25, 0.3) is 0 Å². The lowest BCUT2D eigenvalue weighted by Gasteiger charge is -2.11. The second-order valence-electron chi connectivity index (χ2n) is 14.9. The highest BCUT2D eigenvalue weighted by Gasteiger charge is 2.16. The number of aromatic nitrogens is 5. The minimum Gasteiger partial charge on any atom is -0.456 e. The number of hydrogen-bond acceptors (Lipinski definition) is 6. The largest absolute Gasteiger partial charge is 0.456 e. The van der Waals surface area contributed by atoms with E-state index < -0.39 is 0 Å². The second-order valence-corrected chi connectivity index (χ2v) is 14.9. The molecule has 0 atom stereocenters. The zero-order valence-electron chi connectivity index (χ0n) is 32.9. The van der Waals surface area contributed by atoms with Crippen LogP contribution in [0.3, 0.4) is 0 Å². The van der Waals surface area contributed by atoms with Crippen molar-refractivity contribution in [3.8, 4) is 90.3 Å². The van der Waals surface area contributed by atoms with Gasteiger partial charge in [-0.25, -0.2) is 24.9 Å². The number of nitrogens with zero attached hydrogens (tertiary/aromatic N) is 5. The Bertz CT molecular complexity index is 3330. The van der Waals surface area contributed by atoms with E-state index in [1.807, 2.05) is 78.9 Å². The van der Waals surface area contributed by atoms with Gasteiger partial charge in [-0.15, -0.1) is 0 Å². The second kappa shape index (κ2) is 15.4. The van der Waals surface area contributed by atoms with E-state index in [4.69, 9.17) is 29.3 Å². The van der Waals surface area contributed by atoms with Gasteiger partial charge in [-0.3, -0.25) is 0 Å². The summed E-state index contributed by atoms with van der Waals surface area (Å²) in [5.74, 6) is 2.45. The Kier molecular flexibility index (Phi) is 9.06. The smallest absolute Gasteiger partial charge is 0.164 e. The zero-order valence-corrected chi connectivity index (χ0v) is 32.9. The van der Waals surface area contributed by atoms with Gasteiger partial charge in [0.15, 0.2) is 23.3 Å². The Labute approximate surface area is 352 Å². The first-order valence-corrected chi connectivity index (χ1v) is 20.2. The summed E-state index contributed by atoms with van der Waals surface area (Å²) >= 11 is 0. The quantitative estimate of drug-likeness (QED) is 0.153. The summed E-state index contributed by atoms with van der Waals surface area (Å²) in [7, 11) is 0. The average Bonchev–Trinajstić information content (AvgIpc) is 3.73. The fourth-order valence-electron chi connectivity index (χ4n) is 7.81. The molecular formula is C55H35N5O. The molecule has 11 aromatic rings. The number of para-hydroxylation sites is 1. The first-order valence-electron chi connectivity index (χ1n) is 20.2. The van der Waals surface area contributed by atoms with E-state index in [-0.39, 0.29) is 0 Å². The van der Waals surface area contributed by atoms with E-state index >= 15 is 0 Å². The molecule has 0 aliphatic rings. The number of rotatable bonds is 8. The zero-order chi connectivity index (χ0) is 40.5. The van der Waals surface area contributed by atoms with Crippen molar-refractivity contribution in [3.05, 3.63) is 212 Å². The Morgan fingerprint density at radius 3 is 1.30 bits per heavy atom.